The summed E-state index contributed by atoms with van der Waals surface area (Å²) in [5.74, 6) is -4.94. The van der Waals surface area contributed by atoms with Gasteiger partial charge in [-0.1, -0.05) is 23.2 Å². The van der Waals surface area contributed by atoms with Gasteiger partial charge in [0.05, 0.1) is 15.7 Å². The van der Waals surface area contributed by atoms with Crippen molar-refractivity contribution in [3.63, 3.8) is 0 Å². The van der Waals surface area contributed by atoms with Crippen molar-refractivity contribution >= 4 is 34.9 Å². The summed E-state index contributed by atoms with van der Waals surface area (Å²) in [6.45, 7) is 0. The van der Waals surface area contributed by atoms with Gasteiger partial charge in [0.2, 0.25) is 0 Å². The minimum absolute atomic E-state index is 0.294. The van der Waals surface area contributed by atoms with E-state index in [9.17, 15) is 18.7 Å². The molecule has 1 heterocycles. The highest BCUT2D eigenvalue weighted by molar-refractivity contribution is 6.35. The number of nitrogen functional groups attached to an aromatic ring is 1. The van der Waals surface area contributed by atoms with Crippen LogP contribution in [0.15, 0.2) is 12.1 Å². The summed E-state index contributed by atoms with van der Waals surface area (Å²) in [4.78, 5) is 14.4. The first-order chi connectivity index (χ1) is 9.75. The monoisotopic (exact) mass is 334 g/mol. The quantitative estimate of drug-likeness (QED) is 0.782. The van der Waals surface area contributed by atoms with Gasteiger partial charge in [0.1, 0.15) is 5.69 Å². The van der Waals surface area contributed by atoms with Crippen molar-refractivity contribution < 1.29 is 23.8 Å². The predicted octanol–water partition coefficient (Wildman–Crippen LogP) is 3.32. The fraction of sp³-hybridized carbons (Fsp3) is 0. The summed E-state index contributed by atoms with van der Waals surface area (Å²) in [6.07, 6.45) is 0. The summed E-state index contributed by atoms with van der Waals surface area (Å²) in [6, 6.07) is 2.13. The summed E-state index contributed by atoms with van der Waals surface area (Å²) in [7, 11) is 0. The smallest absolute Gasteiger partial charge is 0.356 e. The standard InChI is InChI=1S/C12H6Cl2F2N2O3/c13-4-2-1-3(6(15)11(4)19)9-7(16)8(17)5(14)10(18-9)12(20)21/h1-2,19H,(H2,17,18)(H,20,21). The molecule has 2 rings (SSSR count). The van der Waals surface area contributed by atoms with E-state index in [-0.39, 0.29) is 5.02 Å². The van der Waals surface area contributed by atoms with Gasteiger partial charge in [0.15, 0.2) is 23.1 Å². The zero-order valence-electron chi connectivity index (χ0n) is 9.99. The Labute approximate surface area is 126 Å². The van der Waals surface area contributed by atoms with Crippen LogP contribution in [0.1, 0.15) is 10.5 Å². The Morgan fingerprint density at radius 3 is 2.43 bits per heavy atom. The highest BCUT2D eigenvalue weighted by Gasteiger charge is 2.24. The van der Waals surface area contributed by atoms with E-state index < -0.39 is 51.0 Å². The minimum Gasteiger partial charge on any atom is -0.504 e. The number of carbonyl (C=O) groups is 1. The number of aromatic carboxylic acids is 1. The number of halogens is 4. The molecule has 0 aliphatic carbocycles. The molecule has 1 aromatic carbocycles. The molecule has 0 radical (unpaired) electrons. The van der Waals surface area contributed by atoms with Crippen molar-refractivity contribution in [2.24, 2.45) is 0 Å². The van der Waals surface area contributed by atoms with Crippen LogP contribution in [0.4, 0.5) is 14.5 Å². The van der Waals surface area contributed by atoms with Gasteiger partial charge in [-0.2, -0.15) is 0 Å². The lowest BCUT2D eigenvalue weighted by molar-refractivity contribution is 0.0691. The Hall–Kier alpha value is -2.12. The lowest BCUT2D eigenvalue weighted by Crippen LogP contribution is -2.08. The zero-order valence-corrected chi connectivity index (χ0v) is 11.5. The third-order valence-electron chi connectivity index (χ3n) is 2.64. The van der Waals surface area contributed by atoms with Gasteiger partial charge in [0.25, 0.3) is 0 Å². The molecular weight excluding hydrogens is 329 g/mol. The maximum atomic E-state index is 14.1. The Balaban J connectivity index is 2.82. The number of hydrogen-bond donors (Lipinski definition) is 3. The van der Waals surface area contributed by atoms with E-state index in [0.717, 1.165) is 12.1 Å². The normalized spacial score (nSPS) is 10.7. The van der Waals surface area contributed by atoms with Crippen LogP contribution in [0, 0.1) is 11.6 Å². The SMILES string of the molecule is Nc1c(F)c(-c2ccc(Cl)c(O)c2F)nc(C(=O)O)c1Cl. The van der Waals surface area contributed by atoms with E-state index in [2.05, 4.69) is 4.98 Å². The van der Waals surface area contributed by atoms with Gasteiger partial charge < -0.3 is 15.9 Å². The zero-order chi connectivity index (χ0) is 15.9. The van der Waals surface area contributed by atoms with Gasteiger partial charge in [-0.05, 0) is 12.1 Å². The summed E-state index contributed by atoms with van der Waals surface area (Å²) >= 11 is 11.1. The van der Waals surface area contributed by atoms with E-state index in [1.807, 2.05) is 0 Å². The first-order valence-corrected chi connectivity index (χ1v) is 6.06. The van der Waals surface area contributed by atoms with Crippen LogP contribution in [0.5, 0.6) is 5.75 Å². The van der Waals surface area contributed by atoms with Gasteiger partial charge in [-0.25, -0.2) is 18.6 Å². The molecule has 21 heavy (non-hydrogen) atoms. The van der Waals surface area contributed by atoms with E-state index in [0.29, 0.717) is 0 Å². The molecule has 0 saturated heterocycles. The Morgan fingerprint density at radius 2 is 1.86 bits per heavy atom. The summed E-state index contributed by atoms with van der Waals surface area (Å²) < 4.78 is 28.0. The molecule has 110 valence electrons. The van der Waals surface area contributed by atoms with Crippen molar-refractivity contribution in [1.29, 1.82) is 0 Å². The van der Waals surface area contributed by atoms with Crippen LogP contribution < -0.4 is 5.73 Å². The van der Waals surface area contributed by atoms with Crippen LogP contribution in [0.25, 0.3) is 11.3 Å². The average molecular weight is 335 g/mol. The number of aromatic hydroxyl groups is 1. The van der Waals surface area contributed by atoms with Crippen molar-refractivity contribution in [2.45, 2.75) is 0 Å². The number of benzene rings is 1. The lowest BCUT2D eigenvalue weighted by Gasteiger charge is -2.11. The molecule has 4 N–H and O–H groups in total. The molecule has 0 unspecified atom stereocenters. The Kier molecular flexibility index (Phi) is 3.89. The minimum atomic E-state index is -1.56. The molecule has 2 aromatic rings. The molecule has 0 fully saturated rings. The van der Waals surface area contributed by atoms with Crippen LogP contribution in [-0.4, -0.2) is 21.2 Å². The van der Waals surface area contributed by atoms with Gasteiger partial charge in [0, 0.05) is 5.56 Å². The Morgan fingerprint density at radius 1 is 1.24 bits per heavy atom. The number of carboxylic acids is 1. The van der Waals surface area contributed by atoms with Crippen LogP contribution in [0.2, 0.25) is 10.0 Å². The molecular formula is C12H6Cl2F2N2O3. The first kappa shape index (κ1) is 15.3. The molecule has 9 heteroatoms. The molecule has 0 bridgehead atoms. The molecule has 1 aromatic heterocycles. The van der Waals surface area contributed by atoms with E-state index in [1.54, 1.807) is 0 Å². The van der Waals surface area contributed by atoms with E-state index in [4.69, 9.17) is 34.0 Å². The summed E-state index contributed by atoms with van der Waals surface area (Å²) in [5, 5.41) is 17.5. The van der Waals surface area contributed by atoms with Crippen molar-refractivity contribution in [1.82, 2.24) is 4.98 Å². The fourth-order valence-corrected chi connectivity index (χ4v) is 1.96. The topological polar surface area (TPSA) is 96.4 Å². The van der Waals surface area contributed by atoms with Gasteiger partial charge >= 0.3 is 5.97 Å². The number of carboxylic acid groups (broad SMARTS) is 1. The predicted molar refractivity (Wildman–Crippen MR) is 72.6 cm³/mol. The summed E-state index contributed by atoms with van der Waals surface area (Å²) in [5.41, 5.74) is 2.74. The largest absolute Gasteiger partial charge is 0.504 e. The second kappa shape index (κ2) is 5.34. The molecule has 0 spiro atoms. The first-order valence-electron chi connectivity index (χ1n) is 5.30. The van der Waals surface area contributed by atoms with Crippen molar-refractivity contribution in [3.05, 3.63) is 39.5 Å². The maximum absolute atomic E-state index is 14.1. The number of phenolic OH excluding ortho intramolecular Hbond substituents is 1. The number of phenols is 1. The second-order valence-corrected chi connectivity index (χ2v) is 4.70. The molecule has 0 amide bonds. The number of nitrogens with zero attached hydrogens (tertiary/aromatic N) is 1. The number of nitrogens with two attached hydrogens (primary N) is 1. The fourth-order valence-electron chi connectivity index (χ4n) is 1.61. The lowest BCUT2D eigenvalue weighted by atomic mass is 10.1. The van der Waals surface area contributed by atoms with E-state index in [1.165, 1.54) is 0 Å². The molecule has 0 atom stereocenters. The third-order valence-corrected chi connectivity index (χ3v) is 3.32. The average Bonchev–Trinajstić information content (AvgIpc) is 2.43. The second-order valence-electron chi connectivity index (χ2n) is 3.91. The highest BCUT2D eigenvalue weighted by Crippen LogP contribution is 2.37. The molecule has 0 aliphatic heterocycles. The number of pyridine rings is 1. The molecule has 0 saturated carbocycles. The molecule has 0 aliphatic rings. The van der Waals surface area contributed by atoms with Crippen LogP contribution >= 0.6 is 23.2 Å². The maximum Gasteiger partial charge on any atom is 0.356 e. The number of hydrogen-bond acceptors (Lipinski definition) is 4. The van der Waals surface area contributed by atoms with Gasteiger partial charge in [-0.3, -0.25) is 0 Å². The van der Waals surface area contributed by atoms with Crippen molar-refractivity contribution in [2.75, 3.05) is 5.73 Å². The van der Waals surface area contributed by atoms with Crippen molar-refractivity contribution in [3.8, 4) is 17.0 Å². The van der Waals surface area contributed by atoms with Crippen LogP contribution in [-0.2, 0) is 0 Å². The number of rotatable bonds is 2. The van der Waals surface area contributed by atoms with Crippen LogP contribution in [0.3, 0.4) is 0 Å². The highest BCUT2D eigenvalue weighted by atomic mass is 35.5. The Bertz CT molecular complexity index is 769. The van der Waals surface area contributed by atoms with Gasteiger partial charge in [-0.15, -0.1) is 0 Å². The van der Waals surface area contributed by atoms with E-state index >= 15 is 0 Å². The molecule has 5 nitrogen and oxygen atoms in total. The number of anilines is 1. The number of aromatic nitrogens is 1. The third kappa shape index (κ3) is 2.45.